The number of amides is 2. The second-order valence-corrected chi connectivity index (χ2v) is 8.54. The van der Waals surface area contributed by atoms with E-state index >= 15 is 0 Å². The van der Waals surface area contributed by atoms with Gasteiger partial charge in [0.1, 0.15) is 0 Å². The summed E-state index contributed by atoms with van der Waals surface area (Å²) in [6.45, 7) is 1.62. The summed E-state index contributed by atoms with van der Waals surface area (Å²) in [5, 5.41) is 7.68. The number of carbonyl (C=O) groups is 2. The van der Waals surface area contributed by atoms with E-state index in [-0.39, 0.29) is 17.7 Å². The Hall–Kier alpha value is -3.61. The van der Waals surface area contributed by atoms with Gasteiger partial charge >= 0.3 is 0 Å². The number of carbonyl (C=O) groups excluding carboxylic acids is 2. The van der Waals surface area contributed by atoms with Crippen molar-refractivity contribution in [1.29, 1.82) is 0 Å². The van der Waals surface area contributed by atoms with Gasteiger partial charge in [0.05, 0.1) is 5.69 Å². The highest BCUT2D eigenvalue weighted by Gasteiger charge is 2.27. The van der Waals surface area contributed by atoms with Gasteiger partial charge in [-0.2, -0.15) is 5.10 Å². The van der Waals surface area contributed by atoms with E-state index in [0.29, 0.717) is 5.69 Å². The molecule has 2 amide bonds. The molecule has 1 saturated heterocycles. The molecule has 0 radical (unpaired) electrons. The van der Waals surface area contributed by atoms with Crippen molar-refractivity contribution >= 4 is 23.2 Å². The summed E-state index contributed by atoms with van der Waals surface area (Å²) in [4.78, 5) is 26.7. The first-order valence-electron chi connectivity index (χ1n) is 11.2. The first-order chi connectivity index (χ1) is 15.6. The van der Waals surface area contributed by atoms with Crippen LogP contribution in [-0.2, 0) is 17.6 Å². The van der Waals surface area contributed by atoms with Gasteiger partial charge in [0.25, 0.3) is 5.91 Å². The molecule has 0 spiro atoms. The lowest BCUT2D eigenvalue weighted by atomic mass is 9.96. The van der Waals surface area contributed by atoms with Gasteiger partial charge in [-0.1, -0.05) is 18.2 Å². The molecule has 3 aromatic rings. The van der Waals surface area contributed by atoms with Gasteiger partial charge in [-0.25, -0.2) is 4.68 Å². The topological polar surface area (TPSA) is 93.2 Å². The maximum atomic E-state index is 13.1. The highest BCUT2D eigenvalue weighted by molar-refractivity contribution is 6.04. The number of hydrogen-bond donors (Lipinski definition) is 2. The van der Waals surface area contributed by atoms with Gasteiger partial charge in [0, 0.05) is 41.6 Å². The van der Waals surface area contributed by atoms with Crippen LogP contribution in [-0.4, -0.2) is 34.7 Å². The molecule has 0 atom stereocenters. The monoisotopic (exact) mass is 429 g/mol. The molecular weight excluding hydrogens is 402 g/mol. The Balaban J connectivity index is 1.29. The quantitative estimate of drug-likeness (QED) is 0.651. The van der Waals surface area contributed by atoms with Crippen molar-refractivity contribution < 1.29 is 9.59 Å². The van der Waals surface area contributed by atoms with Gasteiger partial charge in [0.15, 0.2) is 5.69 Å². The van der Waals surface area contributed by atoms with Crippen LogP contribution in [0.4, 0.5) is 11.4 Å². The van der Waals surface area contributed by atoms with Crippen molar-refractivity contribution in [3.8, 4) is 5.69 Å². The number of benzene rings is 2. The van der Waals surface area contributed by atoms with Gasteiger partial charge in [-0.05, 0) is 68.5 Å². The molecule has 2 aliphatic rings. The molecule has 164 valence electrons. The minimum atomic E-state index is -0.205. The van der Waals surface area contributed by atoms with Crippen LogP contribution in [0.1, 0.15) is 41.0 Å². The fourth-order valence-corrected chi connectivity index (χ4v) is 4.77. The Bertz CT molecular complexity index is 1130. The van der Waals surface area contributed by atoms with Crippen molar-refractivity contribution in [1.82, 2.24) is 9.78 Å². The van der Waals surface area contributed by atoms with Crippen molar-refractivity contribution in [2.75, 3.05) is 23.3 Å². The van der Waals surface area contributed by atoms with Gasteiger partial charge < -0.3 is 16.0 Å². The second kappa shape index (κ2) is 8.49. The number of aromatic nitrogens is 2. The molecule has 3 N–H and O–H groups in total. The van der Waals surface area contributed by atoms with Gasteiger partial charge in [-0.15, -0.1) is 0 Å². The first-order valence-corrected chi connectivity index (χ1v) is 11.2. The molecule has 0 bridgehead atoms. The highest BCUT2D eigenvalue weighted by Crippen LogP contribution is 2.29. The maximum absolute atomic E-state index is 13.1. The van der Waals surface area contributed by atoms with E-state index in [9.17, 15) is 9.59 Å². The number of rotatable bonds is 5. The Kier molecular flexibility index (Phi) is 5.39. The molecule has 5 rings (SSSR count). The summed E-state index contributed by atoms with van der Waals surface area (Å²) in [5.74, 6) is -0.404. The Morgan fingerprint density at radius 3 is 2.34 bits per heavy atom. The summed E-state index contributed by atoms with van der Waals surface area (Å²) < 4.78 is 1.91. The van der Waals surface area contributed by atoms with E-state index in [2.05, 4.69) is 15.3 Å². The van der Waals surface area contributed by atoms with E-state index in [1.165, 1.54) is 0 Å². The van der Waals surface area contributed by atoms with Gasteiger partial charge in [0.2, 0.25) is 5.91 Å². The number of hydrogen-bond acceptors (Lipinski definition) is 4. The summed E-state index contributed by atoms with van der Waals surface area (Å²) in [7, 11) is 0. The molecule has 7 nitrogen and oxygen atoms in total. The summed E-state index contributed by atoms with van der Waals surface area (Å²) >= 11 is 0. The van der Waals surface area contributed by atoms with Crippen LogP contribution in [0.2, 0.25) is 0 Å². The number of para-hydroxylation sites is 1. The molecule has 1 aliphatic heterocycles. The number of anilines is 2. The minimum absolute atomic E-state index is 0.0257. The van der Waals surface area contributed by atoms with Crippen molar-refractivity contribution in [2.45, 2.75) is 32.1 Å². The fourth-order valence-electron chi connectivity index (χ4n) is 4.77. The highest BCUT2D eigenvalue weighted by atomic mass is 16.2. The molecule has 32 heavy (non-hydrogen) atoms. The summed E-state index contributed by atoms with van der Waals surface area (Å²) in [6.07, 6.45) is 4.42. The largest absolute Gasteiger partial charge is 0.371 e. The molecule has 2 heterocycles. The van der Waals surface area contributed by atoms with Crippen LogP contribution in [0, 0.1) is 5.92 Å². The molecule has 0 unspecified atom stereocenters. The van der Waals surface area contributed by atoms with Crippen molar-refractivity contribution in [3.63, 3.8) is 0 Å². The van der Waals surface area contributed by atoms with Crippen LogP contribution >= 0.6 is 0 Å². The predicted molar refractivity (Wildman–Crippen MR) is 124 cm³/mol. The molecule has 1 aromatic heterocycles. The van der Waals surface area contributed by atoms with E-state index in [4.69, 9.17) is 5.73 Å². The van der Waals surface area contributed by atoms with E-state index in [1.807, 2.05) is 59.3 Å². The average Bonchev–Trinajstić information content (AvgIpc) is 3.43. The molecule has 7 heteroatoms. The number of nitrogens with zero attached hydrogens (tertiary/aromatic N) is 3. The third-order valence-electron chi connectivity index (χ3n) is 6.53. The van der Waals surface area contributed by atoms with E-state index < -0.39 is 0 Å². The predicted octanol–water partition coefficient (Wildman–Crippen LogP) is 3.32. The molecular formula is C25H27N5O2. The minimum Gasteiger partial charge on any atom is -0.371 e. The Morgan fingerprint density at radius 2 is 1.66 bits per heavy atom. The summed E-state index contributed by atoms with van der Waals surface area (Å²) in [6, 6.07) is 17.8. The smallest absolute Gasteiger partial charge is 0.276 e. The van der Waals surface area contributed by atoms with Crippen LogP contribution in [0.15, 0.2) is 54.6 Å². The lowest BCUT2D eigenvalue weighted by Gasteiger charge is -2.32. The van der Waals surface area contributed by atoms with Crippen LogP contribution in [0.25, 0.3) is 5.69 Å². The zero-order valence-electron chi connectivity index (χ0n) is 18.0. The fraction of sp³-hybridized carbons (Fsp3) is 0.320. The lowest BCUT2D eigenvalue weighted by molar-refractivity contribution is -0.122. The zero-order valence-corrected chi connectivity index (χ0v) is 18.0. The zero-order chi connectivity index (χ0) is 22.1. The maximum Gasteiger partial charge on any atom is 0.276 e. The van der Waals surface area contributed by atoms with Crippen LogP contribution in [0.5, 0.6) is 0 Å². The molecule has 2 aromatic carbocycles. The molecule has 0 saturated carbocycles. The molecule has 1 fully saturated rings. The van der Waals surface area contributed by atoms with Crippen molar-refractivity contribution in [2.24, 2.45) is 11.7 Å². The van der Waals surface area contributed by atoms with Crippen LogP contribution in [0.3, 0.4) is 0 Å². The number of primary amides is 1. The number of nitrogens with two attached hydrogens (primary N) is 1. The number of fused-ring (bicyclic) bond motifs is 1. The SMILES string of the molecule is NC(=O)C1CCN(c2ccc(NC(=O)c3nn(-c4ccccc4)c4c3CCC4)cc2)CC1. The first kappa shape index (κ1) is 20.3. The summed E-state index contributed by atoms with van der Waals surface area (Å²) in [5.41, 5.74) is 10.9. The van der Waals surface area contributed by atoms with Gasteiger partial charge in [-0.3, -0.25) is 9.59 Å². The lowest BCUT2D eigenvalue weighted by Crippen LogP contribution is -2.38. The number of nitrogens with one attached hydrogen (secondary N) is 1. The Labute approximate surface area is 187 Å². The third kappa shape index (κ3) is 3.86. The second-order valence-electron chi connectivity index (χ2n) is 8.54. The average molecular weight is 430 g/mol. The Morgan fingerprint density at radius 1 is 0.938 bits per heavy atom. The van der Waals surface area contributed by atoms with Crippen molar-refractivity contribution in [3.05, 3.63) is 71.5 Å². The van der Waals surface area contributed by atoms with E-state index in [0.717, 1.165) is 73.5 Å². The molecule has 1 aliphatic carbocycles. The normalized spacial score (nSPS) is 16.1. The third-order valence-corrected chi connectivity index (χ3v) is 6.53. The number of piperidine rings is 1. The van der Waals surface area contributed by atoms with E-state index in [1.54, 1.807) is 0 Å². The van der Waals surface area contributed by atoms with Crippen LogP contribution < -0.4 is 16.0 Å². The standard InChI is InChI=1S/C25H27N5O2/c26-24(31)17-13-15-29(16-14-17)19-11-9-18(10-12-19)27-25(32)23-21-7-4-8-22(21)30(28-23)20-5-2-1-3-6-20/h1-3,5-6,9-12,17H,4,7-8,13-16H2,(H2,26,31)(H,27,32).